The van der Waals surface area contributed by atoms with Crippen LogP contribution in [0.1, 0.15) is 21.7 Å². The first kappa shape index (κ1) is 24.9. The second-order valence-corrected chi connectivity index (χ2v) is 8.25. The summed E-state index contributed by atoms with van der Waals surface area (Å²) >= 11 is 5.68. The zero-order valence-corrected chi connectivity index (χ0v) is 20.6. The molecule has 0 aliphatic heterocycles. The van der Waals surface area contributed by atoms with E-state index in [9.17, 15) is 14.3 Å². The summed E-state index contributed by atoms with van der Waals surface area (Å²) in [6, 6.07) is 16.5. The number of carbonyl (C=O) groups excluding carboxylic acids is 1. The van der Waals surface area contributed by atoms with Gasteiger partial charge < -0.3 is 24.5 Å². The van der Waals surface area contributed by atoms with Crippen LogP contribution in [0.25, 0.3) is 5.69 Å². The summed E-state index contributed by atoms with van der Waals surface area (Å²) in [6.45, 7) is 0.442. The number of ether oxygens (including phenoxy) is 2. The van der Waals surface area contributed by atoms with Crippen molar-refractivity contribution in [2.45, 2.75) is 19.5 Å². The monoisotopic (exact) mass is 508 g/mol. The van der Waals surface area contributed by atoms with Crippen LogP contribution in [0.15, 0.2) is 66.9 Å². The van der Waals surface area contributed by atoms with E-state index < -0.39 is 11.7 Å². The van der Waals surface area contributed by atoms with E-state index in [0.29, 0.717) is 34.9 Å². The molecule has 2 N–H and O–H groups in total. The van der Waals surface area contributed by atoms with Gasteiger partial charge in [0.25, 0.3) is 5.91 Å². The summed E-state index contributed by atoms with van der Waals surface area (Å²) in [5.74, 6) is 0.338. The van der Waals surface area contributed by atoms with Crippen molar-refractivity contribution in [1.82, 2.24) is 19.4 Å². The number of rotatable bonds is 9. The zero-order valence-electron chi connectivity index (χ0n) is 19.8. The second kappa shape index (κ2) is 11.0. The molecule has 0 saturated carbocycles. The largest absolute Gasteiger partial charge is 0.497 e. The van der Waals surface area contributed by atoms with E-state index in [-0.39, 0.29) is 18.1 Å². The molecule has 0 bridgehead atoms. The van der Waals surface area contributed by atoms with Crippen LogP contribution in [0.5, 0.6) is 17.4 Å². The van der Waals surface area contributed by atoms with Gasteiger partial charge in [-0.1, -0.05) is 12.1 Å². The predicted octanol–water partition coefficient (Wildman–Crippen LogP) is 4.44. The van der Waals surface area contributed by atoms with E-state index in [1.54, 1.807) is 23.8 Å². The molecule has 0 unspecified atom stereocenters. The van der Waals surface area contributed by atoms with Crippen molar-refractivity contribution in [3.05, 3.63) is 94.4 Å². The highest BCUT2D eigenvalue weighted by atomic mass is 32.1. The Hall–Kier alpha value is -4.18. The number of carbonyl (C=O) groups is 1. The molecule has 0 saturated heterocycles. The summed E-state index contributed by atoms with van der Waals surface area (Å²) in [5, 5.41) is 13.9. The number of nitrogens with one attached hydrogen (secondary N) is 1. The number of aryl methyl sites for hydroxylation is 1. The Kier molecular flexibility index (Phi) is 7.65. The SMILES string of the molecule is COc1ccc(CCn2c(CNC(=O)c3ccc(OC)cn3)c(O)n(-c3ccc(F)cc3)c2=S)cc1. The molecule has 186 valence electrons. The van der Waals surface area contributed by atoms with Gasteiger partial charge in [0.05, 0.1) is 32.6 Å². The number of methoxy groups -OCH3 is 2. The molecular weight excluding hydrogens is 483 g/mol. The van der Waals surface area contributed by atoms with Crippen LogP contribution in [0, 0.1) is 10.6 Å². The number of aromatic nitrogens is 3. The molecule has 4 rings (SSSR count). The maximum Gasteiger partial charge on any atom is 0.270 e. The molecule has 36 heavy (non-hydrogen) atoms. The summed E-state index contributed by atoms with van der Waals surface area (Å²) in [7, 11) is 3.12. The summed E-state index contributed by atoms with van der Waals surface area (Å²) in [5.41, 5.74) is 2.17. The molecule has 10 heteroatoms. The quantitative estimate of drug-likeness (QED) is 0.325. The second-order valence-electron chi connectivity index (χ2n) is 7.88. The van der Waals surface area contributed by atoms with Crippen molar-refractivity contribution >= 4 is 18.1 Å². The van der Waals surface area contributed by atoms with Crippen LogP contribution >= 0.6 is 12.2 Å². The third-order valence-corrected chi connectivity index (χ3v) is 6.11. The van der Waals surface area contributed by atoms with E-state index in [2.05, 4.69) is 10.3 Å². The molecule has 2 heterocycles. The topological polar surface area (TPSA) is 90.5 Å². The van der Waals surface area contributed by atoms with Gasteiger partial charge in [0.1, 0.15) is 28.7 Å². The molecule has 0 aliphatic rings. The molecule has 0 spiro atoms. The highest BCUT2D eigenvalue weighted by Gasteiger charge is 2.20. The molecule has 8 nitrogen and oxygen atoms in total. The number of aromatic hydroxyl groups is 1. The third-order valence-electron chi connectivity index (χ3n) is 5.71. The van der Waals surface area contributed by atoms with Gasteiger partial charge in [0, 0.05) is 6.54 Å². The van der Waals surface area contributed by atoms with Gasteiger partial charge in [-0.05, 0) is 72.7 Å². The van der Waals surface area contributed by atoms with E-state index in [1.807, 2.05) is 24.3 Å². The number of benzene rings is 2. The zero-order chi connectivity index (χ0) is 25.7. The van der Waals surface area contributed by atoms with Crippen LogP contribution in [0.4, 0.5) is 4.39 Å². The molecule has 0 aliphatic carbocycles. The Labute approximate surface area is 212 Å². The van der Waals surface area contributed by atoms with Gasteiger partial charge in [0.15, 0.2) is 4.77 Å². The number of hydrogen-bond donors (Lipinski definition) is 2. The van der Waals surface area contributed by atoms with Crippen molar-refractivity contribution < 1.29 is 23.8 Å². The molecule has 2 aromatic carbocycles. The minimum absolute atomic E-state index is 0.00117. The number of amides is 1. The first-order valence-electron chi connectivity index (χ1n) is 11.1. The van der Waals surface area contributed by atoms with E-state index in [0.717, 1.165) is 11.3 Å². The van der Waals surface area contributed by atoms with E-state index >= 15 is 0 Å². The van der Waals surface area contributed by atoms with Gasteiger partial charge >= 0.3 is 0 Å². The Morgan fingerprint density at radius 2 is 1.69 bits per heavy atom. The number of hydrogen-bond acceptors (Lipinski definition) is 6. The molecule has 0 fully saturated rings. The summed E-state index contributed by atoms with van der Waals surface area (Å²) in [4.78, 5) is 16.8. The van der Waals surface area contributed by atoms with Crippen LogP contribution in [-0.2, 0) is 19.5 Å². The van der Waals surface area contributed by atoms with E-state index in [4.69, 9.17) is 21.7 Å². The Bertz CT molecular complexity index is 1400. The standard InChI is InChI=1S/C26H25FN4O4S/c1-34-20-9-3-17(4-10-20)13-14-30-23(16-29-24(32)22-12-11-21(35-2)15-28-22)25(33)31(26(30)36)19-7-5-18(27)6-8-19/h3-12,15,33H,13-14,16H2,1-2H3,(H,29,32). The van der Waals surface area contributed by atoms with Crippen LogP contribution in [-0.4, -0.2) is 39.4 Å². The minimum atomic E-state index is -0.417. The summed E-state index contributed by atoms with van der Waals surface area (Å²) in [6.07, 6.45) is 2.07. The van der Waals surface area contributed by atoms with Gasteiger partial charge in [-0.25, -0.2) is 9.37 Å². The molecule has 4 aromatic rings. The maximum atomic E-state index is 13.5. The molecule has 0 radical (unpaired) electrons. The number of nitrogens with zero attached hydrogens (tertiary/aromatic N) is 3. The fourth-order valence-corrected chi connectivity index (χ4v) is 4.12. The highest BCUT2D eigenvalue weighted by Crippen LogP contribution is 2.26. The third kappa shape index (κ3) is 5.38. The molecule has 1 amide bonds. The summed E-state index contributed by atoms with van der Waals surface area (Å²) < 4.78 is 27.3. The number of halogens is 1. The lowest BCUT2D eigenvalue weighted by Gasteiger charge is -2.10. The Morgan fingerprint density at radius 3 is 2.31 bits per heavy atom. The van der Waals surface area contributed by atoms with Crippen molar-refractivity contribution in [2.75, 3.05) is 14.2 Å². The fraction of sp³-hybridized carbons (Fsp3) is 0.192. The normalized spacial score (nSPS) is 10.8. The van der Waals surface area contributed by atoms with Crippen molar-refractivity contribution in [2.24, 2.45) is 0 Å². The number of imidazole rings is 1. The van der Waals surface area contributed by atoms with Crippen molar-refractivity contribution in [3.63, 3.8) is 0 Å². The average molecular weight is 509 g/mol. The molecule has 0 atom stereocenters. The van der Waals surface area contributed by atoms with E-state index in [1.165, 1.54) is 42.1 Å². The van der Waals surface area contributed by atoms with Crippen molar-refractivity contribution in [1.29, 1.82) is 0 Å². The Morgan fingerprint density at radius 1 is 1.03 bits per heavy atom. The van der Waals surface area contributed by atoms with Gasteiger partial charge in [0.2, 0.25) is 5.88 Å². The lowest BCUT2D eigenvalue weighted by Crippen LogP contribution is -2.25. The smallest absolute Gasteiger partial charge is 0.270 e. The van der Waals surface area contributed by atoms with Gasteiger partial charge in [-0.2, -0.15) is 0 Å². The average Bonchev–Trinajstić information content (AvgIpc) is 3.15. The predicted molar refractivity (Wildman–Crippen MR) is 135 cm³/mol. The number of pyridine rings is 1. The fourth-order valence-electron chi connectivity index (χ4n) is 3.73. The van der Waals surface area contributed by atoms with Gasteiger partial charge in [-0.3, -0.25) is 9.36 Å². The highest BCUT2D eigenvalue weighted by molar-refractivity contribution is 7.71. The molecule has 2 aromatic heterocycles. The van der Waals surface area contributed by atoms with Gasteiger partial charge in [-0.15, -0.1) is 0 Å². The van der Waals surface area contributed by atoms with Crippen LogP contribution in [0.3, 0.4) is 0 Å². The first-order chi connectivity index (χ1) is 17.4. The molecular formula is C26H25FN4O4S. The lowest BCUT2D eigenvalue weighted by molar-refractivity contribution is 0.0944. The van der Waals surface area contributed by atoms with Crippen LogP contribution < -0.4 is 14.8 Å². The maximum absolute atomic E-state index is 13.5. The minimum Gasteiger partial charge on any atom is -0.497 e. The first-order valence-corrected chi connectivity index (χ1v) is 11.5. The Balaban J connectivity index is 1.63. The van der Waals surface area contributed by atoms with Crippen molar-refractivity contribution in [3.8, 4) is 23.1 Å². The van der Waals surface area contributed by atoms with Crippen LogP contribution in [0.2, 0.25) is 0 Å². The lowest BCUT2D eigenvalue weighted by atomic mass is 10.1.